The number of carbonyl (C=O) groups is 1. The van der Waals surface area contributed by atoms with Gasteiger partial charge in [-0.3, -0.25) is 0 Å². The normalized spacial score (nSPS) is 12.2. The molecule has 0 heterocycles. The fraction of sp³-hybridized carbons (Fsp3) is 0.364. The summed E-state index contributed by atoms with van der Waals surface area (Å²) in [6.45, 7) is 1.91. The van der Waals surface area contributed by atoms with Gasteiger partial charge < -0.3 is 10.5 Å². The van der Waals surface area contributed by atoms with Gasteiger partial charge in [-0.05, 0) is 25.0 Å². The maximum atomic E-state index is 11.4. The molecule has 0 spiro atoms. The average Bonchev–Trinajstić information content (AvgIpc) is 2.16. The monoisotopic (exact) mass is 193 g/mol. The molecule has 0 saturated carbocycles. The number of benzene rings is 1. The topological polar surface area (TPSA) is 52.3 Å². The van der Waals surface area contributed by atoms with Crippen LogP contribution < -0.4 is 5.73 Å². The van der Waals surface area contributed by atoms with Gasteiger partial charge in [0, 0.05) is 6.04 Å². The molecule has 0 aliphatic carbocycles. The van der Waals surface area contributed by atoms with Crippen molar-refractivity contribution in [3.05, 3.63) is 35.4 Å². The first-order valence-corrected chi connectivity index (χ1v) is 4.57. The lowest BCUT2D eigenvalue weighted by atomic mass is 10.0. The zero-order valence-corrected chi connectivity index (χ0v) is 8.49. The van der Waals surface area contributed by atoms with Crippen molar-refractivity contribution in [3.8, 4) is 0 Å². The van der Waals surface area contributed by atoms with Crippen molar-refractivity contribution >= 4 is 5.97 Å². The Morgan fingerprint density at radius 2 is 2.14 bits per heavy atom. The SMILES string of the molecule is COC(=O)c1ccccc1CC(C)N. The van der Waals surface area contributed by atoms with Crippen LogP contribution in [-0.4, -0.2) is 19.1 Å². The van der Waals surface area contributed by atoms with Gasteiger partial charge in [0.2, 0.25) is 0 Å². The molecule has 3 nitrogen and oxygen atoms in total. The number of hydrogen-bond donors (Lipinski definition) is 1. The van der Waals surface area contributed by atoms with Crippen molar-refractivity contribution < 1.29 is 9.53 Å². The molecule has 1 unspecified atom stereocenters. The van der Waals surface area contributed by atoms with E-state index in [2.05, 4.69) is 4.74 Å². The predicted octanol–water partition coefficient (Wildman–Crippen LogP) is 1.36. The third-order valence-electron chi connectivity index (χ3n) is 1.96. The van der Waals surface area contributed by atoms with Crippen molar-refractivity contribution in [3.63, 3.8) is 0 Å². The maximum absolute atomic E-state index is 11.4. The van der Waals surface area contributed by atoms with Crippen LogP contribution in [0, 0.1) is 0 Å². The van der Waals surface area contributed by atoms with Crippen LogP contribution in [0.4, 0.5) is 0 Å². The van der Waals surface area contributed by atoms with E-state index >= 15 is 0 Å². The van der Waals surface area contributed by atoms with Crippen LogP contribution in [-0.2, 0) is 11.2 Å². The molecular weight excluding hydrogens is 178 g/mol. The highest BCUT2D eigenvalue weighted by molar-refractivity contribution is 5.90. The number of rotatable bonds is 3. The first kappa shape index (κ1) is 10.7. The zero-order valence-electron chi connectivity index (χ0n) is 8.49. The second kappa shape index (κ2) is 4.77. The summed E-state index contributed by atoms with van der Waals surface area (Å²) in [6, 6.07) is 7.40. The Bertz CT molecular complexity index is 321. The number of carbonyl (C=O) groups excluding carboxylic acids is 1. The Hall–Kier alpha value is -1.35. The fourth-order valence-corrected chi connectivity index (χ4v) is 1.35. The number of nitrogens with two attached hydrogens (primary N) is 1. The van der Waals surface area contributed by atoms with Gasteiger partial charge in [-0.25, -0.2) is 4.79 Å². The van der Waals surface area contributed by atoms with Gasteiger partial charge in [0.1, 0.15) is 0 Å². The van der Waals surface area contributed by atoms with Crippen LogP contribution in [0.25, 0.3) is 0 Å². The van der Waals surface area contributed by atoms with Gasteiger partial charge in [0.25, 0.3) is 0 Å². The molecule has 0 radical (unpaired) electrons. The Kier molecular flexibility index (Phi) is 3.65. The minimum Gasteiger partial charge on any atom is -0.465 e. The Morgan fingerprint density at radius 3 is 2.71 bits per heavy atom. The van der Waals surface area contributed by atoms with Gasteiger partial charge in [-0.1, -0.05) is 18.2 Å². The summed E-state index contributed by atoms with van der Waals surface area (Å²) in [5, 5.41) is 0. The molecule has 0 aliphatic rings. The second-order valence-electron chi connectivity index (χ2n) is 3.33. The lowest BCUT2D eigenvalue weighted by molar-refractivity contribution is 0.0599. The lowest BCUT2D eigenvalue weighted by Gasteiger charge is -2.09. The van der Waals surface area contributed by atoms with E-state index in [1.807, 2.05) is 25.1 Å². The summed E-state index contributed by atoms with van der Waals surface area (Å²) in [4.78, 5) is 11.4. The Labute approximate surface area is 83.9 Å². The van der Waals surface area contributed by atoms with Crippen molar-refractivity contribution in [2.24, 2.45) is 5.73 Å². The summed E-state index contributed by atoms with van der Waals surface area (Å²) in [5.41, 5.74) is 7.23. The number of esters is 1. The summed E-state index contributed by atoms with van der Waals surface area (Å²) >= 11 is 0. The minimum absolute atomic E-state index is 0.0424. The first-order chi connectivity index (χ1) is 6.65. The zero-order chi connectivity index (χ0) is 10.6. The predicted molar refractivity (Wildman–Crippen MR) is 55.1 cm³/mol. The molecule has 14 heavy (non-hydrogen) atoms. The van der Waals surface area contributed by atoms with Crippen LogP contribution in [0.15, 0.2) is 24.3 Å². The molecule has 0 saturated heterocycles. The largest absolute Gasteiger partial charge is 0.465 e. The number of hydrogen-bond acceptors (Lipinski definition) is 3. The summed E-state index contributed by atoms with van der Waals surface area (Å²) < 4.78 is 4.68. The quantitative estimate of drug-likeness (QED) is 0.737. The van der Waals surface area contributed by atoms with Gasteiger partial charge in [-0.2, -0.15) is 0 Å². The van der Waals surface area contributed by atoms with Crippen LogP contribution in [0.3, 0.4) is 0 Å². The van der Waals surface area contributed by atoms with E-state index in [1.54, 1.807) is 6.07 Å². The van der Waals surface area contributed by atoms with E-state index in [0.717, 1.165) is 5.56 Å². The van der Waals surface area contributed by atoms with Crippen molar-refractivity contribution in [2.75, 3.05) is 7.11 Å². The van der Waals surface area contributed by atoms with Crippen molar-refractivity contribution in [1.29, 1.82) is 0 Å². The molecule has 1 rings (SSSR count). The van der Waals surface area contributed by atoms with Gasteiger partial charge >= 0.3 is 5.97 Å². The van der Waals surface area contributed by atoms with E-state index in [0.29, 0.717) is 12.0 Å². The van der Waals surface area contributed by atoms with Gasteiger partial charge in [0.15, 0.2) is 0 Å². The molecule has 0 aliphatic heterocycles. The van der Waals surface area contributed by atoms with E-state index < -0.39 is 0 Å². The van der Waals surface area contributed by atoms with Crippen molar-refractivity contribution in [1.82, 2.24) is 0 Å². The highest BCUT2D eigenvalue weighted by atomic mass is 16.5. The van der Waals surface area contributed by atoms with E-state index in [9.17, 15) is 4.79 Å². The lowest BCUT2D eigenvalue weighted by Crippen LogP contribution is -2.19. The third-order valence-corrected chi connectivity index (χ3v) is 1.96. The molecule has 76 valence electrons. The first-order valence-electron chi connectivity index (χ1n) is 4.57. The van der Waals surface area contributed by atoms with Crippen LogP contribution in [0.5, 0.6) is 0 Å². The molecule has 1 aromatic rings. The van der Waals surface area contributed by atoms with E-state index in [-0.39, 0.29) is 12.0 Å². The molecule has 0 bridgehead atoms. The molecule has 2 N–H and O–H groups in total. The van der Waals surface area contributed by atoms with Crippen molar-refractivity contribution in [2.45, 2.75) is 19.4 Å². The number of ether oxygens (including phenoxy) is 1. The number of methoxy groups -OCH3 is 1. The minimum atomic E-state index is -0.304. The highest BCUT2D eigenvalue weighted by Gasteiger charge is 2.11. The molecule has 0 amide bonds. The maximum Gasteiger partial charge on any atom is 0.338 e. The van der Waals surface area contributed by atoms with E-state index in [1.165, 1.54) is 7.11 Å². The summed E-state index contributed by atoms with van der Waals surface area (Å²) in [7, 11) is 1.38. The summed E-state index contributed by atoms with van der Waals surface area (Å²) in [6.07, 6.45) is 0.686. The van der Waals surface area contributed by atoms with Gasteiger partial charge in [-0.15, -0.1) is 0 Å². The molecule has 1 aromatic carbocycles. The standard InChI is InChI=1S/C11H15NO2/c1-8(12)7-9-5-3-4-6-10(9)11(13)14-2/h3-6,8H,7,12H2,1-2H3. The molecular formula is C11H15NO2. The second-order valence-corrected chi connectivity index (χ2v) is 3.33. The van der Waals surface area contributed by atoms with Crippen LogP contribution >= 0.6 is 0 Å². The molecule has 0 aromatic heterocycles. The summed E-state index contributed by atoms with van der Waals surface area (Å²) in [5.74, 6) is -0.304. The van der Waals surface area contributed by atoms with E-state index in [4.69, 9.17) is 5.73 Å². The van der Waals surface area contributed by atoms with Crippen LogP contribution in [0.2, 0.25) is 0 Å². The fourth-order valence-electron chi connectivity index (χ4n) is 1.35. The van der Waals surface area contributed by atoms with Gasteiger partial charge in [0.05, 0.1) is 12.7 Å². The third kappa shape index (κ3) is 2.57. The Balaban J connectivity index is 2.97. The molecule has 3 heteroatoms. The smallest absolute Gasteiger partial charge is 0.338 e. The molecule has 1 atom stereocenters. The Morgan fingerprint density at radius 1 is 1.50 bits per heavy atom. The highest BCUT2D eigenvalue weighted by Crippen LogP contribution is 2.11. The molecule has 0 fully saturated rings. The van der Waals surface area contributed by atoms with Crippen LogP contribution in [0.1, 0.15) is 22.8 Å². The average molecular weight is 193 g/mol.